The summed E-state index contributed by atoms with van der Waals surface area (Å²) in [5, 5.41) is 0.608. The van der Waals surface area contributed by atoms with Crippen LogP contribution < -0.4 is 4.72 Å². The molecule has 0 amide bonds. The van der Waals surface area contributed by atoms with Crippen molar-refractivity contribution in [1.29, 1.82) is 0 Å². The number of hydrogen-bond acceptors (Lipinski definition) is 2. The van der Waals surface area contributed by atoms with E-state index in [1.807, 2.05) is 27.7 Å². The van der Waals surface area contributed by atoms with Gasteiger partial charge in [0, 0.05) is 24.0 Å². The number of hydrogen-bond donors (Lipinski definition) is 1. The first kappa shape index (κ1) is 15.3. The van der Waals surface area contributed by atoms with Crippen LogP contribution in [0, 0.1) is 0 Å². The highest BCUT2D eigenvalue weighted by Crippen LogP contribution is 2.15. The van der Waals surface area contributed by atoms with E-state index in [-0.39, 0.29) is 0 Å². The second kappa shape index (κ2) is 6.18. The third kappa shape index (κ3) is 4.38. The molecule has 0 aromatic carbocycles. The van der Waals surface area contributed by atoms with Crippen molar-refractivity contribution >= 4 is 26.1 Å². The molecule has 1 atom stereocenters. The average molecular weight is 301 g/mol. The largest absolute Gasteiger partial charge is 0.279 e. The molecule has 0 heterocycles. The van der Waals surface area contributed by atoms with E-state index in [0.717, 1.165) is 6.42 Å². The lowest BCUT2D eigenvalue weighted by molar-refractivity contribution is 0.393. The lowest BCUT2D eigenvalue weighted by Crippen LogP contribution is -2.52. The molecule has 0 aliphatic heterocycles. The lowest BCUT2D eigenvalue weighted by Gasteiger charge is -2.30. The van der Waals surface area contributed by atoms with Gasteiger partial charge in [0.05, 0.1) is 0 Å². The summed E-state index contributed by atoms with van der Waals surface area (Å²) >= 11 is 3.33. The van der Waals surface area contributed by atoms with Gasteiger partial charge in [0.25, 0.3) is 10.2 Å². The van der Waals surface area contributed by atoms with Gasteiger partial charge in [0.2, 0.25) is 0 Å². The maximum absolute atomic E-state index is 11.9. The van der Waals surface area contributed by atoms with E-state index in [1.165, 1.54) is 4.31 Å². The van der Waals surface area contributed by atoms with Crippen LogP contribution in [0.2, 0.25) is 0 Å². The van der Waals surface area contributed by atoms with Gasteiger partial charge in [-0.1, -0.05) is 36.7 Å². The third-order valence-electron chi connectivity index (χ3n) is 2.50. The third-order valence-corrected chi connectivity index (χ3v) is 5.68. The normalized spacial score (nSPS) is 16.7. The molecule has 1 unspecified atom stereocenters. The van der Waals surface area contributed by atoms with Crippen LogP contribution in [0.25, 0.3) is 0 Å². The first-order valence-corrected chi connectivity index (χ1v) is 7.76. The van der Waals surface area contributed by atoms with Crippen molar-refractivity contribution in [2.75, 3.05) is 18.4 Å². The van der Waals surface area contributed by atoms with Crippen LogP contribution in [0.4, 0.5) is 0 Å². The Bertz CT molecular complexity index is 272. The Balaban J connectivity index is 4.76. The minimum atomic E-state index is -3.35. The number of rotatable bonds is 7. The maximum atomic E-state index is 11.9. The fourth-order valence-electron chi connectivity index (χ4n) is 1.13. The molecule has 0 aliphatic rings. The van der Waals surface area contributed by atoms with Crippen LogP contribution in [-0.2, 0) is 10.2 Å². The van der Waals surface area contributed by atoms with Crippen molar-refractivity contribution in [3.05, 3.63) is 0 Å². The number of alkyl halides is 1. The van der Waals surface area contributed by atoms with E-state index >= 15 is 0 Å². The molecule has 0 radical (unpaired) electrons. The van der Waals surface area contributed by atoms with Crippen molar-refractivity contribution in [2.45, 2.75) is 39.7 Å². The van der Waals surface area contributed by atoms with Gasteiger partial charge < -0.3 is 0 Å². The standard InChI is InChI=1S/C9H21BrN2O2S/c1-5-9(4,8-10)11-15(13,14)12(6-2)7-3/h11H,5-8H2,1-4H3. The van der Waals surface area contributed by atoms with E-state index in [0.29, 0.717) is 18.4 Å². The Labute approximate surface area is 102 Å². The van der Waals surface area contributed by atoms with Gasteiger partial charge in [0.15, 0.2) is 0 Å². The second-order valence-corrected chi connectivity index (χ2v) is 5.97. The van der Waals surface area contributed by atoms with E-state index in [1.54, 1.807) is 0 Å². The molecule has 6 heteroatoms. The van der Waals surface area contributed by atoms with Gasteiger partial charge >= 0.3 is 0 Å². The predicted molar refractivity (Wildman–Crippen MR) is 67.5 cm³/mol. The van der Waals surface area contributed by atoms with Crippen molar-refractivity contribution in [3.8, 4) is 0 Å². The Morgan fingerprint density at radius 2 is 1.73 bits per heavy atom. The quantitative estimate of drug-likeness (QED) is 0.728. The summed E-state index contributed by atoms with van der Waals surface area (Å²) in [7, 11) is -3.35. The monoisotopic (exact) mass is 300 g/mol. The first-order valence-electron chi connectivity index (χ1n) is 5.20. The van der Waals surface area contributed by atoms with Gasteiger partial charge in [-0.25, -0.2) is 0 Å². The highest BCUT2D eigenvalue weighted by Gasteiger charge is 2.29. The van der Waals surface area contributed by atoms with Crippen molar-refractivity contribution in [3.63, 3.8) is 0 Å². The van der Waals surface area contributed by atoms with Gasteiger partial charge in [0.1, 0.15) is 0 Å². The molecule has 0 rings (SSSR count). The first-order chi connectivity index (χ1) is 6.85. The fraction of sp³-hybridized carbons (Fsp3) is 1.00. The molecular weight excluding hydrogens is 280 g/mol. The molecule has 0 aromatic rings. The second-order valence-electron chi connectivity index (χ2n) is 3.74. The maximum Gasteiger partial charge on any atom is 0.279 e. The molecule has 0 fully saturated rings. The molecular formula is C9H21BrN2O2S. The van der Waals surface area contributed by atoms with Crippen LogP contribution in [0.5, 0.6) is 0 Å². The summed E-state index contributed by atoms with van der Waals surface area (Å²) in [6.07, 6.45) is 0.749. The van der Waals surface area contributed by atoms with Crippen LogP contribution >= 0.6 is 15.9 Å². The number of halogens is 1. The van der Waals surface area contributed by atoms with Crippen LogP contribution in [0.15, 0.2) is 0 Å². The Morgan fingerprint density at radius 1 is 1.27 bits per heavy atom. The number of nitrogens with zero attached hydrogens (tertiary/aromatic N) is 1. The SMILES string of the molecule is CCN(CC)S(=O)(=O)NC(C)(CC)CBr. The van der Waals surface area contributed by atoms with Crippen LogP contribution in [-0.4, -0.2) is 36.7 Å². The molecule has 1 N–H and O–H groups in total. The Hall–Kier alpha value is 0.350. The highest BCUT2D eigenvalue weighted by molar-refractivity contribution is 9.09. The van der Waals surface area contributed by atoms with Gasteiger partial charge in [-0.3, -0.25) is 0 Å². The molecule has 4 nitrogen and oxygen atoms in total. The molecule has 0 bridgehead atoms. The van der Waals surface area contributed by atoms with E-state index in [2.05, 4.69) is 20.7 Å². The summed E-state index contributed by atoms with van der Waals surface area (Å²) in [4.78, 5) is 0. The zero-order chi connectivity index (χ0) is 12.1. The van der Waals surface area contributed by atoms with E-state index in [4.69, 9.17) is 0 Å². The zero-order valence-corrected chi connectivity index (χ0v) is 12.3. The topological polar surface area (TPSA) is 49.4 Å². The molecule has 92 valence electrons. The van der Waals surface area contributed by atoms with Crippen LogP contribution in [0.1, 0.15) is 34.1 Å². The van der Waals surface area contributed by atoms with Gasteiger partial charge in [-0.05, 0) is 13.3 Å². The van der Waals surface area contributed by atoms with E-state index in [9.17, 15) is 8.42 Å². The summed E-state index contributed by atoms with van der Waals surface area (Å²) in [6, 6.07) is 0. The number of nitrogens with one attached hydrogen (secondary N) is 1. The molecule has 0 saturated heterocycles. The minimum absolute atomic E-state index is 0.415. The summed E-state index contributed by atoms with van der Waals surface area (Å²) in [5.74, 6) is 0. The summed E-state index contributed by atoms with van der Waals surface area (Å²) in [5.41, 5.74) is -0.415. The Morgan fingerprint density at radius 3 is 2.00 bits per heavy atom. The summed E-state index contributed by atoms with van der Waals surface area (Å²) in [6.45, 7) is 8.51. The molecule has 0 spiro atoms. The van der Waals surface area contributed by atoms with Crippen molar-refractivity contribution in [1.82, 2.24) is 9.03 Å². The molecule has 0 aliphatic carbocycles. The van der Waals surface area contributed by atoms with Crippen LogP contribution in [0.3, 0.4) is 0 Å². The van der Waals surface area contributed by atoms with Gasteiger partial charge in [-0.2, -0.15) is 17.4 Å². The zero-order valence-electron chi connectivity index (χ0n) is 9.88. The summed E-state index contributed by atoms with van der Waals surface area (Å²) < 4.78 is 28.0. The van der Waals surface area contributed by atoms with E-state index < -0.39 is 15.7 Å². The molecule has 0 aromatic heterocycles. The molecule has 15 heavy (non-hydrogen) atoms. The van der Waals surface area contributed by atoms with Crippen molar-refractivity contribution < 1.29 is 8.42 Å². The van der Waals surface area contributed by atoms with Crippen molar-refractivity contribution in [2.24, 2.45) is 0 Å². The predicted octanol–water partition coefficient (Wildman–Crippen LogP) is 1.73. The smallest absolute Gasteiger partial charge is 0.195 e. The lowest BCUT2D eigenvalue weighted by atomic mass is 10.0. The van der Waals surface area contributed by atoms with Gasteiger partial charge in [-0.15, -0.1) is 0 Å². The molecule has 0 saturated carbocycles. The highest BCUT2D eigenvalue weighted by atomic mass is 79.9. The fourth-order valence-corrected chi connectivity index (χ4v) is 3.50. The Kier molecular flexibility index (Phi) is 6.32. The average Bonchev–Trinajstić information content (AvgIpc) is 2.18. The minimum Gasteiger partial charge on any atom is -0.195 e.